The van der Waals surface area contributed by atoms with Gasteiger partial charge in [-0.2, -0.15) is 0 Å². The molecule has 2 heterocycles. The minimum atomic E-state index is -0.776. The highest BCUT2D eigenvalue weighted by atomic mass is 19.1. The van der Waals surface area contributed by atoms with Crippen LogP contribution in [0.4, 0.5) is 10.3 Å². The molecule has 1 fully saturated rings. The first-order valence-corrected chi connectivity index (χ1v) is 9.21. The number of phenols is 1. The molecule has 1 aromatic carbocycles. The van der Waals surface area contributed by atoms with Crippen molar-refractivity contribution in [2.45, 2.75) is 31.1 Å². The number of aromatic nitrogens is 2. The number of carbonyl (C=O) groups is 1. The minimum Gasteiger partial charge on any atom is -0.505 e. The lowest BCUT2D eigenvalue weighted by molar-refractivity contribution is 0.0633. The lowest BCUT2D eigenvalue weighted by atomic mass is 9.77. The molecule has 142 valence electrons. The molecule has 1 saturated heterocycles. The summed E-state index contributed by atoms with van der Waals surface area (Å²) in [5.41, 5.74) is 2.31. The summed E-state index contributed by atoms with van der Waals surface area (Å²) in [4.78, 5) is 25.8. The van der Waals surface area contributed by atoms with Gasteiger partial charge in [0.05, 0.1) is 5.69 Å². The van der Waals surface area contributed by atoms with Crippen LogP contribution in [0.2, 0.25) is 0 Å². The number of likely N-dealkylation sites (tertiary alicyclic amines) is 1. The van der Waals surface area contributed by atoms with Gasteiger partial charge in [0.2, 0.25) is 5.95 Å². The van der Waals surface area contributed by atoms with Crippen LogP contribution < -0.4 is 4.90 Å². The molecule has 1 unspecified atom stereocenters. The number of aryl methyl sites for hydroxylation is 1. The summed E-state index contributed by atoms with van der Waals surface area (Å²) >= 11 is 0. The number of nitrogens with zero attached hydrogens (tertiary/aromatic N) is 4. The molecule has 7 heteroatoms. The summed E-state index contributed by atoms with van der Waals surface area (Å²) in [5, 5.41) is 9.37. The largest absolute Gasteiger partial charge is 0.505 e. The number of phenolic OH excluding ortho intramolecular Hbond substituents is 1. The fourth-order valence-corrected chi connectivity index (χ4v) is 4.27. The van der Waals surface area contributed by atoms with Crippen LogP contribution in [0.5, 0.6) is 5.75 Å². The summed E-state index contributed by atoms with van der Waals surface area (Å²) < 4.78 is 13.7. The van der Waals surface area contributed by atoms with E-state index in [0.29, 0.717) is 19.0 Å². The number of hydrogen-bond donors (Lipinski definition) is 1. The molecule has 27 heavy (non-hydrogen) atoms. The van der Waals surface area contributed by atoms with Gasteiger partial charge in [0.25, 0.3) is 5.91 Å². The topological polar surface area (TPSA) is 69.6 Å². The normalized spacial score (nSPS) is 21.4. The van der Waals surface area contributed by atoms with Crippen molar-refractivity contribution in [2.75, 3.05) is 32.1 Å². The maximum absolute atomic E-state index is 13.7. The highest BCUT2D eigenvalue weighted by molar-refractivity contribution is 5.94. The number of rotatable bonds is 2. The summed E-state index contributed by atoms with van der Waals surface area (Å²) in [7, 11) is 3.83. The summed E-state index contributed by atoms with van der Waals surface area (Å²) in [5.74, 6) is -0.746. The zero-order chi connectivity index (χ0) is 19.2. The predicted molar refractivity (Wildman–Crippen MR) is 99.6 cm³/mol. The third-order valence-electron chi connectivity index (χ3n) is 5.69. The molecule has 2 aliphatic rings. The molecule has 4 rings (SSSR count). The van der Waals surface area contributed by atoms with Crippen LogP contribution in [0.15, 0.2) is 24.4 Å². The molecule has 0 saturated carbocycles. The maximum atomic E-state index is 13.7. The van der Waals surface area contributed by atoms with Crippen molar-refractivity contribution in [1.82, 2.24) is 14.9 Å². The Hall–Kier alpha value is -2.70. The second kappa shape index (κ2) is 6.48. The van der Waals surface area contributed by atoms with Gasteiger partial charge in [0.1, 0.15) is 0 Å². The van der Waals surface area contributed by atoms with Crippen LogP contribution in [0.3, 0.4) is 0 Å². The van der Waals surface area contributed by atoms with E-state index in [4.69, 9.17) is 4.98 Å². The number of aromatic hydroxyl groups is 1. The van der Waals surface area contributed by atoms with E-state index < -0.39 is 11.6 Å². The molecular formula is C20H23FN4O2. The SMILES string of the molecule is CN(C)c1ncc2c(n1)C1(CCCN(C(=O)c3ccc(O)c(F)c3)C1)CC2. The van der Waals surface area contributed by atoms with Gasteiger partial charge in [-0.15, -0.1) is 0 Å². The van der Waals surface area contributed by atoms with Crippen molar-refractivity contribution in [1.29, 1.82) is 0 Å². The van der Waals surface area contributed by atoms with E-state index in [-0.39, 0.29) is 16.9 Å². The average molecular weight is 370 g/mol. The van der Waals surface area contributed by atoms with Crippen LogP contribution in [-0.4, -0.2) is 53.1 Å². The molecule has 1 aromatic heterocycles. The van der Waals surface area contributed by atoms with Gasteiger partial charge in [-0.3, -0.25) is 4.79 Å². The zero-order valence-corrected chi connectivity index (χ0v) is 15.6. The number of amides is 1. The monoisotopic (exact) mass is 370 g/mol. The third kappa shape index (κ3) is 3.01. The Morgan fingerprint density at radius 1 is 1.33 bits per heavy atom. The Morgan fingerprint density at radius 3 is 2.89 bits per heavy atom. The second-order valence-electron chi connectivity index (χ2n) is 7.72. The molecular weight excluding hydrogens is 347 g/mol. The molecule has 1 amide bonds. The van der Waals surface area contributed by atoms with E-state index in [2.05, 4.69) is 4.98 Å². The number of benzene rings is 1. The molecule has 1 spiro atoms. The van der Waals surface area contributed by atoms with E-state index in [0.717, 1.165) is 43.0 Å². The molecule has 2 aromatic rings. The van der Waals surface area contributed by atoms with Gasteiger partial charge in [-0.05, 0) is 49.4 Å². The van der Waals surface area contributed by atoms with Crippen LogP contribution in [0.1, 0.15) is 40.9 Å². The Morgan fingerprint density at radius 2 is 2.15 bits per heavy atom. The summed E-state index contributed by atoms with van der Waals surface area (Å²) in [6.45, 7) is 1.22. The first-order valence-electron chi connectivity index (χ1n) is 9.21. The lowest BCUT2D eigenvalue weighted by Gasteiger charge is -2.40. The molecule has 0 bridgehead atoms. The van der Waals surface area contributed by atoms with Gasteiger partial charge in [0.15, 0.2) is 11.6 Å². The van der Waals surface area contributed by atoms with Gasteiger partial charge in [0, 0.05) is 44.4 Å². The number of anilines is 1. The van der Waals surface area contributed by atoms with Crippen LogP contribution in [0.25, 0.3) is 0 Å². The third-order valence-corrected chi connectivity index (χ3v) is 5.69. The van der Waals surface area contributed by atoms with E-state index in [9.17, 15) is 14.3 Å². The highest BCUT2D eigenvalue weighted by Crippen LogP contribution is 2.44. The van der Waals surface area contributed by atoms with Gasteiger partial charge < -0.3 is 14.9 Å². The first kappa shape index (κ1) is 17.7. The van der Waals surface area contributed by atoms with Gasteiger partial charge in [-0.25, -0.2) is 14.4 Å². The predicted octanol–water partition coefficient (Wildman–Crippen LogP) is 2.51. The van der Waals surface area contributed by atoms with E-state index >= 15 is 0 Å². The van der Waals surface area contributed by atoms with Gasteiger partial charge >= 0.3 is 0 Å². The summed E-state index contributed by atoms with van der Waals surface area (Å²) in [6, 6.07) is 3.80. The van der Waals surface area contributed by atoms with Crippen LogP contribution >= 0.6 is 0 Å². The fourth-order valence-electron chi connectivity index (χ4n) is 4.27. The molecule has 1 aliphatic heterocycles. The quantitative estimate of drug-likeness (QED) is 0.880. The lowest BCUT2D eigenvalue weighted by Crippen LogP contribution is -2.48. The number of carbonyl (C=O) groups excluding carboxylic acids is 1. The maximum Gasteiger partial charge on any atom is 0.253 e. The van der Waals surface area contributed by atoms with Gasteiger partial charge in [-0.1, -0.05) is 0 Å². The molecule has 1 N–H and O–H groups in total. The Balaban J connectivity index is 1.63. The Labute approximate surface area is 157 Å². The Bertz CT molecular complexity index is 898. The standard InChI is InChI=1S/C20H23FN4O2/c1-24(2)19-22-11-14-6-8-20(17(14)23-19)7-3-9-25(12-20)18(27)13-4-5-16(26)15(21)10-13/h4-5,10-11,26H,3,6-9,12H2,1-2H3. The van der Waals surface area contributed by atoms with Crippen molar-refractivity contribution >= 4 is 11.9 Å². The van der Waals surface area contributed by atoms with E-state index in [1.165, 1.54) is 12.1 Å². The Kier molecular flexibility index (Phi) is 4.25. The van der Waals surface area contributed by atoms with E-state index in [1.807, 2.05) is 25.2 Å². The first-order chi connectivity index (χ1) is 12.9. The smallest absolute Gasteiger partial charge is 0.253 e. The molecule has 1 aliphatic carbocycles. The number of hydrogen-bond acceptors (Lipinski definition) is 5. The molecule has 6 nitrogen and oxygen atoms in total. The zero-order valence-electron chi connectivity index (χ0n) is 15.6. The van der Waals surface area contributed by atoms with Crippen molar-refractivity contribution in [3.63, 3.8) is 0 Å². The van der Waals surface area contributed by atoms with Crippen molar-refractivity contribution in [3.05, 3.63) is 47.0 Å². The average Bonchev–Trinajstić information content (AvgIpc) is 3.00. The van der Waals surface area contributed by atoms with Crippen molar-refractivity contribution in [2.24, 2.45) is 0 Å². The van der Waals surface area contributed by atoms with Crippen molar-refractivity contribution in [3.8, 4) is 5.75 Å². The fraction of sp³-hybridized carbons (Fsp3) is 0.450. The van der Waals surface area contributed by atoms with Crippen LogP contribution in [-0.2, 0) is 11.8 Å². The number of fused-ring (bicyclic) bond motifs is 2. The summed E-state index contributed by atoms with van der Waals surface area (Å²) in [6.07, 6.45) is 5.63. The minimum absolute atomic E-state index is 0.160. The number of halogens is 1. The number of piperidine rings is 1. The highest BCUT2D eigenvalue weighted by Gasteiger charge is 2.45. The molecule has 1 atom stereocenters. The van der Waals surface area contributed by atoms with Crippen LogP contribution in [0, 0.1) is 5.82 Å². The molecule has 0 radical (unpaired) electrons. The van der Waals surface area contributed by atoms with Crippen molar-refractivity contribution < 1.29 is 14.3 Å². The van der Waals surface area contributed by atoms with E-state index in [1.54, 1.807) is 4.90 Å². The second-order valence-corrected chi connectivity index (χ2v) is 7.72.